The summed E-state index contributed by atoms with van der Waals surface area (Å²) < 4.78 is 1.83. The molecule has 3 nitrogen and oxygen atoms in total. The summed E-state index contributed by atoms with van der Waals surface area (Å²) in [4.78, 5) is 15.8. The minimum absolute atomic E-state index is 0.635. The highest BCUT2D eigenvalue weighted by Gasteiger charge is 2.11. The number of hydrogen-bond donors (Lipinski definition) is 0. The molecule has 0 aliphatic heterocycles. The Morgan fingerprint density at radius 2 is 1.95 bits per heavy atom. The Hall–Kier alpha value is -2.42. The maximum atomic E-state index is 11.3. The second kappa shape index (κ2) is 4.69. The molecule has 0 spiro atoms. The van der Waals surface area contributed by atoms with Crippen LogP contribution in [0.5, 0.6) is 0 Å². The average molecular weight is 250 g/mol. The molecule has 0 unspecified atom stereocenters. The lowest BCUT2D eigenvalue weighted by Gasteiger charge is -2.00. The monoisotopic (exact) mass is 250 g/mol. The number of hydrogen-bond acceptors (Lipinski definition) is 2. The normalized spacial score (nSPS) is 10.8. The van der Waals surface area contributed by atoms with Crippen LogP contribution in [0.1, 0.15) is 27.3 Å². The fourth-order valence-electron chi connectivity index (χ4n) is 2.22. The molecular formula is C16H14N2O. The Labute approximate surface area is 111 Å². The van der Waals surface area contributed by atoms with Crippen LogP contribution in [0.4, 0.5) is 0 Å². The lowest BCUT2D eigenvalue weighted by Crippen LogP contribution is -1.96. The van der Waals surface area contributed by atoms with E-state index in [1.807, 2.05) is 28.8 Å². The Kier molecular flexibility index (Phi) is 2.88. The molecule has 3 rings (SSSR count). The molecule has 94 valence electrons. The van der Waals surface area contributed by atoms with Gasteiger partial charge in [-0.2, -0.15) is 0 Å². The van der Waals surface area contributed by atoms with Gasteiger partial charge in [0.1, 0.15) is 11.3 Å². The van der Waals surface area contributed by atoms with E-state index in [1.54, 1.807) is 0 Å². The van der Waals surface area contributed by atoms with E-state index in [9.17, 15) is 4.79 Å². The Bertz CT molecular complexity index is 726. The molecule has 3 aromatic rings. The average Bonchev–Trinajstić information content (AvgIpc) is 2.78. The largest absolute Gasteiger partial charge is 0.297 e. The van der Waals surface area contributed by atoms with Crippen LogP contribution in [0.2, 0.25) is 0 Å². The van der Waals surface area contributed by atoms with Gasteiger partial charge in [0, 0.05) is 12.6 Å². The molecule has 0 saturated carbocycles. The number of aldehydes is 1. The minimum atomic E-state index is 0.635. The fraction of sp³-hybridized carbons (Fsp3) is 0.125. The van der Waals surface area contributed by atoms with E-state index in [0.29, 0.717) is 12.1 Å². The standard InChI is InChI=1S/C16H14N2O/c1-12-5-7-13(8-6-12)10-14-15(11-19)18-9-3-2-4-16(18)17-14/h2-9,11H,10H2,1H3. The molecule has 0 saturated heterocycles. The van der Waals surface area contributed by atoms with Crippen molar-refractivity contribution in [2.24, 2.45) is 0 Å². The second-order valence-corrected chi connectivity index (χ2v) is 4.65. The van der Waals surface area contributed by atoms with Gasteiger partial charge in [-0.05, 0) is 24.6 Å². The van der Waals surface area contributed by atoms with Gasteiger partial charge in [-0.3, -0.25) is 9.20 Å². The molecule has 3 heteroatoms. The maximum absolute atomic E-state index is 11.3. The zero-order valence-corrected chi connectivity index (χ0v) is 10.7. The number of pyridine rings is 1. The molecule has 0 N–H and O–H groups in total. The summed E-state index contributed by atoms with van der Waals surface area (Å²) in [5, 5.41) is 0. The van der Waals surface area contributed by atoms with Crippen molar-refractivity contribution in [3.05, 3.63) is 71.2 Å². The number of carbonyl (C=O) groups is 1. The lowest BCUT2D eigenvalue weighted by atomic mass is 10.1. The van der Waals surface area contributed by atoms with Gasteiger partial charge in [-0.25, -0.2) is 4.98 Å². The van der Waals surface area contributed by atoms with Gasteiger partial charge >= 0.3 is 0 Å². The first-order chi connectivity index (χ1) is 9.28. The zero-order chi connectivity index (χ0) is 13.2. The Balaban J connectivity index is 2.05. The van der Waals surface area contributed by atoms with Gasteiger partial charge in [0.05, 0.1) is 5.69 Å². The molecule has 0 aliphatic carbocycles. The molecule has 0 aliphatic rings. The van der Waals surface area contributed by atoms with Crippen LogP contribution in [-0.4, -0.2) is 15.7 Å². The topological polar surface area (TPSA) is 34.4 Å². The highest BCUT2D eigenvalue weighted by atomic mass is 16.1. The van der Waals surface area contributed by atoms with Gasteiger partial charge in [0.2, 0.25) is 0 Å². The van der Waals surface area contributed by atoms with Crippen molar-refractivity contribution in [1.29, 1.82) is 0 Å². The summed E-state index contributed by atoms with van der Waals surface area (Å²) >= 11 is 0. The summed E-state index contributed by atoms with van der Waals surface area (Å²) in [5.41, 5.74) is 4.67. The second-order valence-electron chi connectivity index (χ2n) is 4.65. The first-order valence-electron chi connectivity index (χ1n) is 6.24. The van der Waals surface area contributed by atoms with Crippen LogP contribution >= 0.6 is 0 Å². The van der Waals surface area contributed by atoms with Crippen molar-refractivity contribution < 1.29 is 4.79 Å². The molecule has 0 atom stereocenters. The lowest BCUT2D eigenvalue weighted by molar-refractivity contribution is 0.111. The highest BCUT2D eigenvalue weighted by Crippen LogP contribution is 2.15. The first-order valence-corrected chi connectivity index (χ1v) is 6.24. The maximum Gasteiger partial charge on any atom is 0.168 e. The summed E-state index contributed by atoms with van der Waals surface area (Å²) in [6.45, 7) is 2.06. The Morgan fingerprint density at radius 3 is 2.68 bits per heavy atom. The molecule has 0 bridgehead atoms. The van der Waals surface area contributed by atoms with Gasteiger partial charge in [-0.15, -0.1) is 0 Å². The summed E-state index contributed by atoms with van der Waals surface area (Å²) in [7, 11) is 0. The van der Waals surface area contributed by atoms with E-state index < -0.39 is 0 Å². The molecule has 19 heavy (non-hydrogen) atoms. The quantitative estimate of drug-likeness (QED) is 0.669. The number of benzene rings is 1. The molecule has 2 aromatic heterocycles. The van der Waals surface area contributed by atoms with E-state index in [4.69, 9.17) is 0 Å². The van der Waals surface area contributed by atoms with Crippen LogP contribution < -0.4 is 0 Å². The number of aryl methyl sites for hydroxylation is 1. The van der Waals surface area contributed by atoms with Gasteiger partial charge < -0.3 is 0 Å². The van der Waals surface area contributed by atoms with E-state index in [2.05, 4.69) is 36.2 Å². The predicted octanol–water partition coefficient (Wildman–Crippen LogP) is 3.05. The number of carbonyl (C=O) groups excluding carboxylic acids is 1. The SMILES string of the molecule is Cc1ccc(Cc2nc3ccccn3c2C=O)cc1. The molecule has 1 aromatic carbocycles. The number of imidazole rings is 1. The van der Waals surface area contributed by atoms with Gasteiger partial charge in [0.15, 0.2) is 6.29 Å². The van der Waals surface area contributed by atoms with Crippen molar-refractivity contribution >= 4 is 11.9 Å². The van der Waals surface area contributed by atoms with Gasteiger partial charge in [-0.1, -0.05) is 35.9 Å². The molecule has 0 fully saturated rings. The third kappa shape index (κ3) is 2.15. The van der Waals surface area contributed by atoms with Crippen molar-refractivity contribution in [2.75, 3.05) is 0 Å². The van der Waals surface area contributed by atoms with E-state index >= 15 is 0 Å². The number of nitrogens with zero attached hydrogens (tertiary/aromatic N) is 2. The first kappa shape index (κ1) is 11.7. The molecule has 0 amide bonds. The Morgan fingerprint density at radius 1 is 1.16 bits per heavy atom. The third-order valence-corrected chi connectivity index (χ3v) is 3.25. The van der Waals surface area contributed by atoms with Crippen LogP contribution in [0.25, 0.3) is 5.65 Å². The molecule has 2 heterocycles. The van der Waals surface area contributed by atoms with Crippen molar-refractivity contribution in [3.63, 3.8) is 0 Å². The summed E-state index contributed by atoms with van der Waals surface area (Å²) in [6, 6.07) is 14.0. The van der Waals surface area contributed by atoms with E-state index in [0.717, 1.165) is 23.2 Å². The predicted molar refractivity (Wildman–Crippen MR) is 74.6 cm³/mol. The van der Waals surface area contributed by atoms with E-state index in [1.165, 1.54) is 5.56 Å². The van der Waals surface area contributed by atoms with Gasteiger partial charge in [0.25, 0.3) is 0 Å². The molecule has 0 radical (unpaired) electrons. The smallest absolute Gasteiger partial charge is 0.168 e. The van der Waals surface area contributed by atoms with Crippen LogP contribution in [0.3, 0.4) is 0 Å². The van der Waals surface area contributed by atoms with Crippen LogP contribution in [0.15, 0.2) is 48.7 Å². The van der Waals surface area contributed by atoms with Crippen molar-refractivity contribution in [2.45, 2.75) is 13.3 Å². The van der Waals surface area contributed by atoms with Crippen molar-refractivity contribution in [1.82, 2.24) is 9.38 Å². The fourth-order valence-corrected chi connectivity index (χ4v) is 2.22. The summed E-state index contributed by atoms with van der Waals surface area (Å²) in [6.07, 6.45) is 3.42. The highest BCUT2D eigenvalue weighted by molar-refractivity contribution is 5.76. The molecular weight excluding hydrogens is 236 g/mol. The summed E-state index contributed by atoms with van der Waals surface area (Å²) in [5.74, 6) is 0. The van der Waals surface area contributed by atoms with E-state index in [-0.39, 0.29) is 0 Å². The van der Waals surface area contributed by atoms with Crippen LogP contribution in [-0.2, 0) is 6.42 Å². The third-order valence-electron chi connectivity index (χ3n) is 3.25. The zero-order valence-electron chi connectivity index (χ0n) is 10.7. The number of rotatable bonds is 3. The number of fused-ring (bicyclic) bond motifs is 1. The van der Waals surface area contributed by atoms with Crippen molar-refractivity contribution in [3.8, 4) is 0 Å². The minimum Gasteiger partial charge on any atom is -0.297 e. The van der Waals surface area contributed by atoms with Crippen LogP contribution in [0, 0.1) is 6.92 Å². The number of aromatic nitrogens is 2.